The van der Waals surface area contributed by atoms with Gasteiger partial charge >= 0.3 is 0 Å². The molecule has 0 aromatic heterocycles. The predicted molar refractivity (Wildman–Crippen MR) is 76.6 cm³/mol. The standard InChI is InChI=1S/C16H13FN2O2/c1-9-2-4-12-13(6-9)16(21)19(15(12)20)11-3-5-14(17)10(7-11)8-18/h2-7H,8,18H2,1H3. The van der Waals surface area contributed by atoms with Gasteiger partial charge in [-0.25, -0.2) is 9.29 Å². The zero-order valence-corrected chi connectivity index (χ0v) is 11.4. The highest BCUT2D eigenvalue weighted by Gasteiger charge is 2.36. The SMILES string of the molecule is Cc1ccc2c(c1)C(=O)N(c1ccc(F)c(CN)c1)C2=O. The van der Waals surface area contributed by atoms with Crippen molar-refractivity contribution >= 4 is 17.5 Å². The fraction of sp³-hybridized carbons (Fsp3) is 0.125. The fourth-order valence-electron chi connectivity index (χ4n) is 2.45. The van der Waals surface area contributed by atoms with Gasteiger partial charge in [0.05, 0.1) is 16.8 Å². The molecule has 1 aliphatic rings. The van der Waals surface area contributed by atoms with Crippen LogP contribution in [0.15, 0.2) is 36.4 Å². The summed E-state index contributed by atoms with van der Waals surface area (Å²) in [6.45, 7) is 1.85. The van der Waals surface area contributed by atoms with E-state index in [1.807, 2.05) is 6.92 Å². The Morgan fingerprint density at radius 2 is 1.76 bits per heavy atom. The monoisotopic (exact) mass is 284 g/mol. The van der Waals surface area contributed by atoms with Crippen molar-refractivity contribution in [1.82, 2.24) is 0 Å². The van der Waals surface area contributed by atoms with Crippen LogP contribution in [0.4, 0.5) is 10.1 Å². The number of amides is 2. The van der Waals surface area contributed by atoms with Gasteiger partial charge in [0.2, 0.25) is 0 Å². The Kier molecular flexibility index (Phi) is 3.07. The third-order valence-corrected chi connectivity index (χ3v) is 3.55. The maximum Gasteiger partial charge on any atom is 0.266 e. The van der Waals surface area contributed by atoms with E-state index >= 15 is 0 Å². The summed E-state index contributed by atoms with van der Waals surface area (Å²) in [7, 11) is 0. The molecule has 2 N–H and O–H groups in total. The van der Waals surface area contributed by atoms with Crippen LogP contribution in [-0.2, 0) is 6.54 Å². The largest absolute Gasteiger partial charge is 0.326 e. The number of halogens is 1. The van der Waals surface area contributed by atoms with Crippen molar-refractivity contribution in [2.45, 2.75) is 13.5 Å². The molecule has 0 aliphatic carbocycles. The first-order chi connectivity index (χ1) is 10.0. The summed E-state index contributed by atoms with van der Waals surface area (Å²) in [5.74, 6) is -1.24. The minimum atomic E-state index is -0.450. The van der Waals surface area contributed by atoms with E-state index < -0.39 is 17.6 Å². The summed E-state index contributed by atoms with van der Waals surface area (Å²) in [6.07, 6.45) is 0. The lowest BCUT2D eigenvalue weighted by Gasteiger charge is -2.15. The molecule has 0 bridgehead atoms. The highest BCUT2D eigenvalue weighted by Crippen LogP contribution is 2.30. The molecule has 106 valence electrons. The van der Waals surface area contributed by atoms with Crippen LogP contribution in [-0.4, -0.2) is 11.8 Å². The van der Waals surface area contributed by atoms with Gasteiger partial charge in [0.15, 0.2) is 0 Å². The fourth-order valence-corrected chi connectivity index (χ4v) is 2.45. The van der Waals surface area contributed by atoms with Crippen LogP contribution in [0.25, 0.3) is 0 Å². The third-order valence-electron chi connectivity index (χ3n) is 3.55. The highest BCUT2D eigenvalue weighted by molar-refractivity contribution is 6.34. The minimum Gasteiger partial charge on any atom is -0.326 e. The van der Waals surface area contributed by atoms with Crippen LogP contribution in [0.3, 0.4) is 0 Å². The van der Waals surface area contributed by atoms with Gasteiger partial charge in [0, 0.05) is 12.1 Å². The van der Waals surface area contributed by atoms with E-state index in [9.17, 15) is 14.0 Å². The van der Waals surface area contributed by atoms with Crippen LogP contribution in [0.5, 0.6) is 0 Å². The maximum absolute atomic E-state index is 13.5. The number of rotatable bonds is 2. The highest BCUT2D eigenvalue weighted by atomic mass is 19.1. The maximum atomic E-state index is 13.5. The summed E-state index contributed by atoms with van der Waals surface area (Å²) >= 11 is 0. The first-order valence-corrected chi connectivity index (χ1v) is 6.51. The molecule has 2 aromatic carbocycles. The minimum absolute atomic E-state index is 0.00194. The summed E-state index contributed by atoms with van der Waals surface area (Å²) in [6, 6.07) is 9.16. The Balaban J connectivity index is 2.09. The summed E-state index contributed by atoms with van der Waals surface area (Å²) in [5, 5.41) is 0. The Bertz CT molecular complexity index is 771. The van der Waals surface area contributed by atoms with E-state index in [0.717, 1.165) is 10.5 Å². The number of anilines is 1. The number of carbonyl (C=O) groups is 2. The van der Waals surface area contributed by atoms with Gasteiger partial charge in [0.25, 0.3) is 11.8 Å². The Morgan fingerprint density at radius 1 is 1.05 bits per heavy atom. The molecular formula is C16H13FN2O2. The smallest absolute Gasteiger partial charge is 0.266 e. The molecule has 0 saturated carbocycles. The molecule has 5 heteroatoms. The molecular weight excluding hydrogens is 271 g/mol. The van der Waals surface area contributed by atoms with Crippen LogP contribution in [0.2, 0.25) is 0 Å². The lowest BCUT2D eigenvalue weighted by Crippen LogP contribution is -2.29. The van der Waals surface area contributed by atoms with Gasteiger partial charge < -0.3 is 5.73 Å². The molecule has 1 heterocycles. The molecule has 0 atom stereocenters. The van der Waals surface area contributed by atoms with Crippen molar-refractivity contribution in [2.24, 2.45) is 5.73 Å². The van der Waals surface area contributed by atoms with Crippen LogP contribution in [0, 0.1) is 12.7 Å². The zero-order chi connectivity index (χ0) is 15.1. The Labute approximate surface area is 121 Å². The van der Waals surface area contributed by atoms with E-state index in [0.29, 0.717) is 16.8 Å². The zero-order valence-electron chi connectivity index (χ0n) is 11.4. The van der Waals surface area contributed by atoms with Gasteiger partial charge in [-0.15, -0.1) is 0 Å². The molecule has 4 nitrogen and oxygen atoms in total. The van der Waals surface area contributed by atoms with E-state index in [-0.39, 0.29) is 12.1 Å². The lowest BCUT2D eigenvalue weighted by molar-refractivity contribution is 0.0926. The summed E-state index contributed by atoms with van der Waals surface area (Å²) in [4.78, 5) is 25.9. The van der Waals surface area contributed by atoms with Gasteiger partial charge in [-0.1, -0.05) is 11.6 Å². The second-order valence-electron chi connectivity index (χ2n) is 4.97. The number of hydrogen-bond donors (Lipinski definition) is 1. The molecule has 0 saturated heterocycles. The average Bonchev–Trinajstić information content (AvgIpc) is 2.71. The molecule has 3 rings (SSSR count). The molecule has 0 unspecified atom stereocenters. The second-order valence-corrected chi connectivity index (χ2v) is 4.97. The number of imide groups is 1. The molecule has 0 fully saturated rings. The van der Waals surface area contributed by atoms with Crippen molar-refractivity contribution in [1.29, 1.82) is 0 Å². The molecule has 0 spiro atoms. The van der Waals surface area contributed by atoms with E-state index in [1.165, 1.54) is 18.2 Å². The van der Waals surface area contributed by atoms with Gasteiger partial charge in [-0.3, -0.25) is 9.59 Å². The summed E-state index contributed by atoms with van der Waals surface area (Å²) in [5.41, 5.74) is 7.70. The van der Waals surface area contributed by atoms with Crippen molar-refractivity contribution in [3.8, 4) is 0 Å². The molecule has 21 heavy (non-hydrogen) atoms. The Morgan fingerprint density at radius 3 is 2.48 bits per heavy atom. The number of hydrogen-bond acceptors (Lipinski definition) is 3. The number of aryl methyl sites for hydroxylation is 1. The predicted octanol–water partition coefficient (Wildman–Crippen LogP) is 2.39. The van der Waals surface area contributed by atoms with Crippen molar-refractivity contribution in [2.75, 3.05) is 4.90 Å². The van der Waals surface area contributed by atoms with Crippen molar-refractivity contribution in [3.63, 3.8) is 0 Å². The number of carbonyl (C=O) groups excluding carboxylic acids is 2. The van der Waals surface area contributed by atoms with Crippen molar-refractivity contribution in [3.05, 3.63) is 64.5 Å². The molecule has 2 amide bonds. The van der Waals surface area contributed by atoms with E-state index in [1.54, 1.807) is 18.2 Å². The quantitative estimate of drug-likeness (QED) is 0.861. The lowest BCUT2D eigenvalue weighted by atomic mass is 10.1. The van der Waals surface area contributed by atoms with E-state index in [2.05, 4.69) is 0 Å². The number of benzene rings is 2. The third kappa shape index (κ3) is 2.02. The number of fused-ring (bicyclic) bond motifs is 1. The Hall–Kier alpha value is -2.53. The van der Waals surface area contributed by atoms with Gasteiger partial charge in [0.1, 0.15) is 5.82 Å². The van der Waals surface area contributed by atoms with E-state index in [4.69, 9.17) is 5.73 Å². The normalized spacial score (nSPS) is 13.8. The van der Waals surface area contributed by atoms with Crippen LogP contribution < -0.4 is 10.6 Å². The summed E-state index contributed by atoms with van der Waals surface area (Å²) < 4.78 is 13.5. The van der Waals surface area contributed by atoms with Crippen LogP contribution >= 0.6 is 0 Å². The number of nitrogens with zero attached hydrogens (tertiary/aromatic N) is 1. The topological polar surface area (TPSA) is 63.4 Å². The number of nitrogens with two attached hydrogens (primary N) is 1. The van der Waals surface area contributed by atoms with Crippen molar-refractivity contribution < 1.29 is 14.0 Å². The average molecular weight is 284 g/mol. The first-order valence-electron chi connectivity index (χ1n) is 6.51. The first kappa shape index (κ1) is 13.5. The van der Waals surface area contributed by atoms with Crippen LogP contribution in [0.1, 0.15) is 31.8 Å². The van der Waals surface area contributed by atoms with Gasteiger partial charge in [-0.05, 0) is 37.3 Å². The molecule has 1 aliphatic heterocycles. The molecule has 0 radical (unpaired) electrons. The second kappa shape index (κ2) is 4.79. The van der Waals surface area contributed by atoms with Gasteiger partial charge in [-0.2, -0.15) is 0 Å². The molecule has 2 aromatic rings.